The van der Waals surface area contributed by atoms with Gasteiger partial charge in [0.25, 0.3) is 5.69 Å². The summed E-state index contributed by atoms with van der Waals surface area (Å²) in [6, 6.07) is 9.07. The van der Waals surface area contributed by atoms with Gasteiger partial charge in [-0.2, -0.15) is 0 Å². The lowest BCUT2D eigenvalue weighted by atomic mass is 9.99. The summed E-state index contributed by atoms with van der Waals surface area (Å²) in [5.74, 6) is 0. The Hall–Kier alpha value is -1.90. The van der Waals surface area contributed by atoms with E-state index < -0.39 is 0 Å². The zero-order valence-electron chi connectivity index (χ0n) is 8.65. The van der Waals surface area contributed by atoms with Crippen LogP contribution in [0.3, 0.4) is 0 Å². The summed E-state index contributed by atoms with van der Waals surface area (Å²) < 4.78 is 0. The molecule has 0 N–H and O–H groups in total. The number of aryl methyl sites for hydroxylation is 2. The number of fused-ring (bicyclic) bond motifs is 1. The maximum atomic E-state index is 10.9. The largest absolute Gasteiger partial charge is 0.277 e. The number of hydrogen-bond donors (Lipinski definition) is 0. The van der Waals surface area contributed by atoms with E-state index in [1.54, 1.807) is 12.1 Å². The number of nitro groups is 1. The minimum Gasteiger partial charge on any atom is -0.258 e. The first kappa shape index (κ1) is 9.65. The van der Waals surface area contributed by atoms with Crippen molar-refractivity contribution < 1.29 is 4.92 Å². The van der Waals surface area contributed by atoms with Gasteiger partial charge in [-0.3, -0.25) is 10.1 Å². The first-order chi connectivity index (χ1) is 7.11. The topological polar surface area (TPSA) is 43.1 Å². The van der Waals surface area contributed by atoms with Crippen molar-refractivity contribution in [2.75, 3.05) is 0 Å². The van der Waals surface area contributed by atoms with Gasteiger partial charge in [-0.1, -0.05) is 18.2 Å². The lowest BCUT2D eigenvalue weighted by Crippen LogP contribution is -1.93. The quantitative estimate of drug-likeness (QED) is 0.524. The van der Waals surface area contributed by atoms with Crippen molar-refractivity contribution in [3.05, 3.63) is 51.6 Å². The predicted octanol–water partition coefficient (Wildman–Crippen LogP) is 3.36. The van der Waals surface area contributed by atoms with Crippen molar-refractivity contribution >= 4 is 16.5 Å². The fourth-order valence-corrected chi connectivity index (χ4v) is 1.79. The Morgan fingerprint density at radius 1 is 1.13 bits per heavy atom. The maximum absolute atomic E-state index is 10.9. The zero-order valence-corrected chi connectivity index (χ0v) is 8.65. The predicted molar refractivity (Wildman–Crippen MR) is 60.1 cm³/mol. The number of rotatable bonds is 1. The highest BCUT2D eigenvalue weighted by Crippen LogP contribution is 2.30. The molecule has 0 aliphatic carbocycles. The third-order valence-corrected chi connectivity index (χ3v) is 2.75. The lowest BCUT2D eigenvalue weighted by molar-refractivity contribution is -0.383. The van der Waals surface area contributed by atoms with Crippen LogP contribution >= 0.6 is 0 Å². The molecule has 15 heavy (non-hydrogen) atoms. The minimum atomic E-state index is -0.325. The summed E-state index contributed by atoms with van der Waals surface area (Å²) in [6.07, 6.45) is 0. The molecule has 0 spiro atoms. The van der Waals surface area contributed by atoms with Crippen molar-refractivity contribution in [1.82, 2.24) is 0 Å². The van der Waals surface area contributed by atoms with E-state index in [9.17, 15) is 10.1 Å². The van der Waals surface area contributed by atoms with Crippen LogP contribution in [-0.4, -0.2) is 4.92 Å². The van der Waals surface area contributed by atoms with E-state index in [0.717, 1.165) is 16.5 Å². The molecule has 0 heterocycles. The third kappa shape index (κ3) is 1.46. The molecule has 0 unspecified atom stereocenters. The maximum Gasteiger partial charge on any atom is 0.277 e. The van der Waals surface area contributed by atoms with E-state index in [-0.39, 0.29) is 10.6 Å². The van der Waals surface area contributed by atoms with Crippen molar-refractivity contribution in [2.24, 2.45) is 0 Å². The average Bonchev–Trinajstić information content (AvgIpc) is 2.23. The van der Waals surface area contributed by atoms with Crippen LogP contribution < -0.4 is 0 Å². The summed E-state index contributed by atoms with van der Waals surface area (Å²) in [6.45, 7) is 3.89. The second-order valence-corrected chi connectivity index (χ2v) is 3.64. The van der Waals surface area contributed by atoms with Crippen LogP contribution in [0, 0.1) is 24.0 Å². The monoisotopic (exact) mass is 201 g/mol. The van der Waals surface area contributed by atoms with Crippen molar-refractivity contribution in [1.29, 1.82) is 0 Å². The molecule has 2 rings (SSSR count). The number of nitro benzene ring substituents is 1. The zero-order chi connectivity index (χ0) is 11.0. The Bertz CT molecular complexity index is 547. The average molecular weight is 201 g/mol. The van der Waals surface area contributed by atoms with Gasteiger partial charge in [-0.15, -0.1) is 0 Å². The lowest BCUT2D eigenvalue weighted by Gasteiger charge is -2.06. The van der Waals surface area contributed by atoms with E-state index in [2.05, 4.69) is 0 Å². The second-order valence-electron chi connectivity index (χ2n) is 3.64. The molecule has 0 aromatic heterocycles. The molecule has 2 aromatic carbocycles. The van der Waals surface area contributed by atoms with Crippen molar-refractivity contribution in [2.45, 2.75) is 13.8 Å². The van der Waals surface area contributed by atoms with Gasteiger partial charge in [-0.05, 0) is 36.4 Å². The van der Waals surface area contributed by atoms with Gasteiger partial charge in [0.2, 0.25) is 0 Å². The molecule has 0 aliphatic heterocycles. The second kappa shape index (κ2) is 3.35. The number of benzene rings is 2. The molecule has 0 atom stereocenters. The Kier molecular flexibility index (Phi) is 2.15. The summed E-state index contributed by atoms with van der Waals surface area (Å²) >= 11 is 0. The van der Waals surface area contributed by atoms with Gasteiger partial charge in [0, 0.05) is 6.07 Å². The Morgan fingerprint density at radius 3 is 2.33 bits per heavy atom. The molecular formula is C12H11NO2. The molecule has 2 aromatic rings. The summed E-state index contributed by atoms with van der Waals surface area (Å²) in [5.41, 5.74) is 2.25. The summed E-state index contributed by atoms with van der Waals surface area (Å²) in [7, 11) is 0. The van der Waals surface area contributed by atoms with Crippen molar-refractivity contribution in [3.63, 3.8) is 0 Å². The first-order valence-electron chi connectivity index (χ1n) is 4.74. The first-order valence-corrected chi connectivity index (χ1v) is 4.74. The third-order valence-electron chi connectivity index (χ3n) is 2.75. The molecule has 3 heteroatoms. The molecule has 0 fully saturated rings. The highest BCUT2D eigenvalue weighted by atomic mass is 16.6. The van der Waals surface area contributed by atoms with Crippen LogP contribution in [0.15, 0.2) is 30.3 Å². The van der Waals surface area contributed by atoms with Gasteiger partial charge in [0.1, 0.15) is 0 Å². The van der Waals surface area contributed by atoms with E-state index in [4.69, 9.17) is 0 Å². The fraction of sp³-hybridized carbons (Fsp3) is 0.167. The van der Waals surface area contributed by atoms with Gasteiger partial charge in [0.05, 0.1) is 10.3 Å². The highest BCUT2D eigenvalue weighted by Gasteiger charge is 2.14. The van der Waals surface area contributed by atoms with Crippen LogP contribution in [0.2, 0.25) is 0 Å². The molecule has 0 amide bonds. The van der Waals surface area contributed by atoms with Gasteiger partial charge in [0.15, 0.2) is 0 Å². The van der Waals surface area contributed by atoms with Gasteiger partial charge < -0.3 is 0 Å². The molecule has 3 nitrogen and oxygen atoms in total. The molecule has 0 aliphatic rings. The van der Waals surface area contributed by atoms with Gasteiger partial charge >= 0.3 is 0 Å². The van der Waals surface area contributed by atoms with Crippen LogP contribution in [0.1, 0.15) is 11.1 Å². The van der Waals surface area contributed by atoms with Crippen molar-refractivity contribution in [3.8, 4) is 0 Å². The molecular weight excluding hydrogens is 190 g/mol. The molecule has 0 saturated carbocycles. The van der Waals surface area contributed by atoms with Crippen LogP contribution in [0.4, 0.5) is 5.69 Å². The van der Waals surface area contributed by atoms with Gasteiger partial charge in [-0.25, -0.2) is 0 Å². The van der Waals surface area contributed by atoms with E-state index in [0.29, 0.717) is 5.39 Å². The highest BCUT2D eigenvalue weighted by molar-refractivity contribution is 5.94. The molecule has 76 valence electrons. The SMILES string of the molecule is Cc1cc([N+](=O)[O-])c2ccccc2c1C. The molecule has 0 saturated heterocycles. The Labute approximate surface area is 87.5 Å². The summed E-state index contributed by atoms with van der Waals surface area (Å²) in [4.78, 5) is 10.6. The normalized spacial score (nSPS) is 10.5. The number of non-ortho nitro benzene ring substituents is 1. The van der Waals surface area contributed by atoms with Crippen LogP contribution in [0.25, 0.3) is 10.8 Å². The van der Waals surface area contributed by atoms with E-state index >= 15 is 0 Å². The molecule has 0 bridgehead atoms. The smallest absolute Gasteiger partial charge is 0.258 e. The fourth-order valence-electron chi connectivity index (χ4n) is 1.79. The Balaban J connectivity index is 2.94. The van der Waals surface area contributed by atoms with E-state index in [1.165, 1.54) is 0 Å². The molecule has 0 radical (unpaired) electrons. The van der Waals surface area contributed by atoms with Crippen LogP contribution in [0.5, 0.6) is 0 Å². The summed E-state index contributed by atoms with van der Waals surface area (Å²) in [5, 5.41) is 12.6. The number of nitrogens with zero attached hydrogens (tertiary/aromatic N) is 1. The Morgan fingerprint density at radius 2 is 1.73 bits per heavy atom. The van der Waals surface area contributed by atoms with E-state index in [1.807, 2.05) is 32.0 Å². The standard InChI is InChI=1S/C12H11NO2/c1-8-7-12(13(14)15)11-6-4-3-5-10(11)9(8)2/h3-7H,1-2H3. The number of hydrogen-bond acceptors (Lipinski definition) is 2. The van der Waals surface area contributed by atoms with Crippen LogP contribution in [-0.2, 0) is 0 Å². The minimum absolute atomic E-state index is 0.189.